The van der Waals surface area contributed by atoms with Gasteiger partial charge in [0.15, 0.2) is 11.4 Å². The molecule has 6 heteroatoms. The smallest absolute Gasteiger partial charge is 0.183 e. The summed E-state index contributed by atoms with van der Waals surface area (Å²) < 4.78 is 25.9. The van der Waals surface area contributed by atoms with Crippen molar-refractivity contribution in [2.24, 2.45) is 4.99 Å². The van der Waals surface area contributed by atoms with Gasteiger partial charge in [0.05, 0.1) is 0 Å². The van der Waals surface area contributed by atoms with Gasteiger partial charge in [-0.05, 0) is 18.4 Å². The molecule has 1 N–H and O–H groups in total. The standard InChI is InChI=1S/C9H7F2N3S/c1-15-9(13-5-12)14-8-4-6(10)2-3-7(8)11/h2-4H,1H3,(H,13,14). The van der Waals surface area contributed by atoms with E-state index in [-0.39, 0.29) is 10.9 Å². The Morgan fingerprint density at radius 1 is 1.53 bits per heavy atom. The second-order valence-corrected chi connectivity index (χ2v) is 3.25. The molecular weight excluding hydrogens is 220 g/mol. The largest absolute Gasteiger partial charge is 0.271 e. The highest BCUT2D eigenvalue weighted by Gasteiger charge is 2.04. The van der Waals surface area contributed by atoms with Crippen LogP contribution in [0.2, 0.25) is 0 Å². The molecule has 0 atom stereocenters. The molecule has 0 bridgehead atoms. The van der Waals surface area contributed by atoms with Crippen LogP contribution in [-0.2, 0) is 0 Å². The summed E-state index contributed by atoms with van der Waals surface area (Å²) in [5.74, 6) is -1.21. The molecule has 0 unspecified atom stereocenters. The number of rotatable bonds is 1. The van der Waals surface area contributed by atoms with Crippen molar-refractivity contribution in [2.45, 2.75) is 0 Å². The van der Waals surface area contributed by atoms with Gasteiger partial charge in [0.2, 0.25) is 0 Å². The van der Waals surface area contributed by atoms with Gasteiger partial charge in [-0.2, -0.15) is 5.26 Å². The summed E-state index contributed by atoms with van der Waals surface area (Å²) in [5, 5.41) is 10.8. The Labute approximate surface area is 89.8 Å². The summed E-state index contributed by atoms with van der Waals surface area (Å²) in [6.45, 7) is 0. The third kappa shape index (κ3) is 3.22. The van der Waals surface area contributed by atoms with Crippen LogP contribution in [0.4, 0.5) is 14.5 Å². The first-order valence-corrected chi connectivity index (χ1v) is 5.12. The zero-order valence-electron chi connectivity index (χ0n) is 7.79. The minimum absolute atomic E-state index is 0.137. The third-order valence-corrected chi connectivity index (χ3v) is 2.07. The number of thioether (sulfide) groups is 1. The van der Waals surface area contributed by atoms with Gasteiger partial charge < -0.3 is 0 Å². The summed E-state index contributed by atoms with van der Waals surface area (Å²) in [5.41, 5.74) is -0.137. The number of nitrogens with zero attached hydrogens (tertiary/aromatic N) is 2. The number of hydrogen-bond donors (Lipinski definition) is 1. The molecular formula is C9H7F2N3S. The summed E-state index contributed by atoms with van der Waals surface area (Å²) in [4.78, 5) is 3.76. The Hall–Kier alpha value is -1.61. The van der Waals surface area contributed by atoms with E-state index < -0.39 is 11.6 Å². The number of benzene rings is 1. The fraction of sp³-hybridized carbons (Fsp3) is 0.111. The van der Waals surface area contributed by atoms with E-state index in [1.807, 2.05) is 0 Å². The van der Waals surface area contributed by atoms with Gasteiger partial charge in [-0.15, -0.1) is 0 Å². The topological polar surface area (TPSA) is 48.2 Å². The first-order valence-electron chi connectivity index (χ1n) is 3.90. The molecule has 0 spiro atoms. The molecule has 0 aromatic heterocycles. The molecule has 1 aromatic carbocycles. The van der Waals surface area contributed by atoms with E-state index in [2.05, 4.69) is 10.3 Å². The van der Waals surface area contributed by atoms with Gasteiger partial charge in [0.1, 0.15) is 17.3 Å². The van der Waals surface area contributed by atoms with Crippen molar-refractivity contribution in [3.05, 3.63) is 29.8 Å². The van der Waals surface area contributed by atoms with Gasteiger partial charge in [-0.3, -0.25) is 5.32 Å². The van der Waals surface area contributed by atoms with Crippen molar-refractivity contribution >= 4 is 22.6 Å². The van der Waals surface area contributed by atoms with Crippen LogP contribution in [0.5, 0.6) is 0 Å². The quantitative estimate of drug-likeness (QED) is 0.347. The van der Waals surface area contributed by atoms with Crippen LogP contribution in [0.15, 0.2) is 23.2 Å². The molecule has 0 aliphatic heterocycles. The lowest BCUT2D eigenvalue weighted by Crippen LogP contribution is -2.12. The molecule has 15 heavy (non-hydrogen) atoms. The number of aliphatic imine (C=N–C) groups is 1. The highest BCUT2D eigenvalue weighted by Crippen LogP contribution is 2.19. The van der Waals surface area contributed by atoms with Crippen LogP contribution in [0.1, 0.15) is 0 Å². The molecule has 0 saturated carbocycles. The van der Waals surface area contributed by atoms with Gasteiger partial charge in [-0.1, -0.05) is 11.8 Å². The lowest BCUT2D eigenvalue weighted by molar-refractivity contribution is 0.602. The lowest BCUT2D eigenvalue weighted by atomic mass is 10.3. The molecule has 0 saturated heterocycles. The van der Waals surface area contributed by atoms with Gasteiger partial charge in [0.25, 0.3) is 0 Å². The molecule has 1 aromatic rings. The molecule has 3 nitrogen and oxygen atoms in total. The van der Waals surface area contributed by atoms with Crippen molar-refractivity contribution in [1.82, 2.24) is 5.32 Å². The highest BCUT2D eigenvalue weighted by atomic mass is 32.2. The maximum absolute atomic E-state index is 13.1. The normalized spacial score (nSPS) is 10.9. The summed E-state index contributed by atoms with van der Waals surface area (Å²) >= 11 is 1.13. The van der Waals surface area contributed by atoms with E-state index >= 15 is 0 Å². The Morgan fingerprint density at radius 3 is 2.87 bits per heavy atom. The molecule has 0 aliphatic carbocycles. The SMILES string of the molecule is CSC(=Nc1cc(F)ccc1F)NC#N. The van der Waals surface area contributed by atoms with E-state index in [9.17, 15) is 8.78 Å². The van der Waals surface area contributed by atoms with E-state index in [4.69, 9.17) is 5.26 Å². The van der Waals surface area contributed by atoms with E-state index in [0.717, 1.165) is 30.0 Å². The Bertz CT molecular complexity index is 426. The van der Waals surface area contributed by atoms with Gasteiger partial charge in [-0.25, -0.2) is 13.8 Å². The van der Waals surface area contributed by atoms with Crippen LogP contribution in [0.3, 0.4) is 0 Å². The second kappa shape index (κ2) is 5.32. The van der Waals surface area contributed by atoms with Crippen molar-refractivity contribution in [2.75, 3.05) is 6.26 Å². The fourth-order valence-corrected chi connectivity index (χ4v) is 1.19. The maximum Gasteiger partial charge on any atom is 0.183 e. The minimum Gasteiger partial charge on any atom is -0.271 e. The lowest BCUT2D eigenvalue weighted by Gasteiger charge is -2.00. The molecule has 78 valence electrons. The molecule has 0 aliphatic rings. The van der Waals surface area contributed by atoms with E-state index in [0.29, 0.717) is 0 Å². The number of amidine groups is 1. The Kier molecular flexibility index (Phi) is 4.06. The predicted octanol–water partition coefficient (Wildman–Crippen LogP) is 2.39. The van der Waals surface area contributed by atoms with Crippen LogP contribution < -0.4 is 5.32 Å². The highest BCUT2D eigenvalue weighted by molar-refractivity contribution is 8.13. The summed E-state index contributed by atoms with van der Waals surface area (Å²) in [7, 11) is 0. The first kappa shape index (κ1) is 11.5. The maximum atomic E-state index is 13.1. The number of hydrogen-bond acceptors (Lipinski definition) is 3. The molecule has 0 radical (unpaired) electrons. The second-order valence-electron chi connectivity index (χ2n) is 2.45. The van der Waals surface area contributed by atoms with Crippen LogP contribution in [0.25, 0.3) is 0 Å². The Morgan fingerprint density at radius 2 is 2.27 bits per heavy atom. The third-order valence-electron chi connectivity index (χ3n) is 1.49. The molecule has 0 heterocycles. The van der Waals surface area contributed by atoms with Crippen LogP contribution >= 0.6 is 11.8 Å². The minimum atomic E-state index is -0.636. The summed E-state index contributed by atoms with van der Waals surface area (Å²) in [6, 6.07) is 2.95. The van der Waals surface area contributed by atoms with Crippen molar-refractivity contribution in [3.8, 4) is 6.19 Å². The first-order chi connectivity index (χ1) is 7.17. The van der Waals surface area contributed by atoms with Crippen LogP contribution in [0, 0.1) is 23.1 Å². The number of nitrogens with one attached hydrogen (secondary N) is 1. The predicted molar refractivity (Wildman–Crippen MR) is 55.7 cm³/mol. The van der Waals surface area contributed by atoms with Crippen molar-refractivity contribution < 1.29 is 8.78 Å². The average molecular weight is 227 g/mol. The fourth-order valence-electron chi connectivity index (χ4n) is 0.853. The summed E-state index contributed by atoms with van der Waals surface area (Å²) in [6.07, 6.45) is 3.32. The van der Waals surface area contributed by atoms with Gasteiger partial charge in [0, 0.05) is 6.07 Å². The number of halogens is 2. The molecule has 1 rings (SSSR count). The van der Waals surface area contributed by atoms with Crippen molar-refractivity contribution in [1.29, 1.82) is 5.26 Å². The van der Waals surface area contributed by atoms with Crippen LogP contribution in [-0.4, -0.2) is 11.4 Å². The van der Waals surface area contributed by atoms with Crippen molar-refractivity contribution in [3.63, 3.8) is 0 Å². The average Bonchev–Trinajstić information content (AvgIpc) is 2.22. The monoisotopic (exact) mass is 227 g/mol. The van der Waals surface area contributed by atoms with E-state index in [1.54, 1.807) is 12.4 Å². The zero-order chi connectivity index (χ0) is 11.3. The molecule has 0 amide bonds. The van der Waals surface area contributed by atoms with Gasteiger partial charge >= 0.3 is 0 Å². The molecule has 0 fully saturated rings. The number of nitriles is 1. The van der Waals surface area contributed by atoms with E-state index in [1.165, 1.54) is 0 Å². The Balaban J connectivity index is 3.05. The zero-order valence-corrected chi connectivity index (χ0v) is 8.61.